The van der Waals surface area contributed by atoms with Crippen LogP contribution in [-0.2, 0) is 17.6 Å². The summed E-state index contributed by atoms with van der Waals surface area (Å²) in [6.45, 7) is 2.76. The van der Waals surface area contributed by atoms with Gasteiger partial charge < -0.3 is 10.6 Å². The van der Waals surface area contributed by atoms with E-state index in [9.17, 15) is 4.79 Å². The first-order valence-corrected chi connectivity index (χ1v) is 9.33. The number of fused-ring (bicyclic) bond motifs is 1. The van der Waals surface area contributed by atoms with Crippen LogP contribution in [0.2, 0.25) is 0 Å². The predicted octanol–water partition coefficient (Wildman–Crippen LogP) is 3.16. The Labute approximate surface area is 138 Å². The van der Waals surface area contributed by atoms with Gasteiger partial charge in [-0.25, -0.2) is 9.97 Å². The van der Waals surface area contributed by atoms with E-state index in [4.69, 9.17) is 4.98 Å². The molecule has 2 aromatic heterocycles. The number of carbonyl (C=O) groups excluding carboxylic acids is 1. The molecule has 2 heterocycles. The van der Waals surface area contributed by atoms with Gasteiger partial charge in [0.25, 0.3) is 0 Å². The molecule has 1 atom stereocenters. The molecule has 1 amide bonds. The highest BCUT2D eigenvalue weighted by Crippen LogP contribution is 2.29. The third-order valence-corrected chi connectivity index (χ3v) is 5.74. The zero-order valence-electron chi connectivity index (χ0n) is 12.6. The lowest BCUT2D eigenvalue weighted by atomic mass is 10.0. The molecule has 3 rings (SSSR count). The molecular formula is C15H20N4OS2. The van der Waals surface area contributed by atoms with Crippen LogP contribution in [0.15, 0.2) is 11.6 Å². The summed E-state index contributed by atoms with van der Waals surface area (Å²) >= 11 is 3.25. The standard InChI is InChI=1S/C15H20N4OS2/c1-10(14-18-11-4-2-3-5-12(11)22-14)16-7-6-13(20)19-15-17-8-9-21-15/h8-10,16H,2-7H2,1H3,(H,17,19,20)/t10-/m1/s1. The first-order valence-electron chi connectivity index (χ1n) is 7.63. The van der Waals surface area contributed by atoms with E-state index in [0.29, 0.717) is 18.1 Å². The Hall–Kier alpha value is -1.31. The number of carbonyl (C=O) groups is 1. The summed E-state index contributed by atoms with van der Waals surface area (Å²) in [5.74, 6) is -0.00640. The maximum atomic E-state index is 11.8. The number of hydrogen-bond acceptors (Lipinski definition) is 6. The van der Waals surface area contributed by atoms with Crippen molar-refractivity contribution in [1.29, 1.82) is 0 Å². The molecular weight excluding hydrogens is 316 g/mol. The van der Waals surface area contributed by atoms with Crippen molar-refractivity contribution in [3.05, 3.63) is 27.2 Å². The van der Waals surface area contributed by atoms with Crippen molar-refractivity contribution in [1.82, 2.24) is 15.3 Å². The molecule has 0 bridgehead atoms. The molecule has 2 N–H and O–H groups in total. The van der Waals surface area contributed by atoms with E-state index in [0.717, 1.165) is 11.4 Å². The Bertz CT molecular complexity index is 600. The van der Waals surface area contributed by atoms with Gasteiger partial charge in [-0.3, -0.25) is 4.79 Å². The van der Waals surface area contributed by atoms with Gasteiger partial charge in [-0.15, -0.1) is 22.7 Å². The number of aryl methyl sites for hydroxylation is 2. The second-order valence-corrected chi connectivity index (χ2v) is 7.45. The lowest BCUT2D eigenvalue weighted by Gasteiger charge is -2.10. The first kappa shape index (κ1) is 15.6. The Morgan fingerprint density at radius 1 is 1.41 bits per heavy atom. The van der Waals surface area contributed by atoms with Crippen molar-refractivity contribution in [3.8, 4) is 0 Å². The lowest BCUT2D eigenvalue weighted by Crippen LogP contribution is -2.24. The SMILES string of the molecule is C[C@@H](NCCC(=O)Nc1nccs1)c1nc2c(s1)CCCC2. The number of thiazole rings is 2. The van der Waals surface area contributed by atoms with Gasteiger partial charge in [0.1, 0.15) is 5.01 Å². The molecule has 0 spiro atoms. The minimum absolute atomic E-state index is 0.00640. The summed E-state index contributed by atoms with van der Waals surface area (Å²) in [7, 11) is 0. The highest BCUT2D eigenvalue weighted by atomic mass is 32.1. The number of nitrogens with zero attached hydrogens (tertiary/aromatic N) is 2. The summed E-state index contributed by atoms with van der Waals surface area (Å²) in [4.78, 5) is 22.0. The van der Waals surface area contributed by atoms with Crippen molar-refractivity contribution in [2.45, 2.75) is 45.1 Å². The van der Waals surface area contributed by atoms with Crippen LogP contribution in [0.25, 0.3) is 0 Å². The summed E-state index contributed by atoms with van der Waals surface area (Å²) in [6.07, 6.45) is 6.97. The van der Waals surface area contributed by atoms with E-state index >= 15 is 0 Å². The molecule has 0 radical (unpaired) electrons. The van der Waals surface area contributed by atoms with Crippen molar-refractivity contribution in [2.24, 2.45) is 0 Å². The number of nitrogens with one attached hydrogen (secondary N) is 2. The quantitative estimate of drug-likeness (QED) is 0.850. The fourth-order valence-corrected chi connectivity index (χ4v) is 4.24. The van der Waals surface area contributed by atoms with Gasteiger partial charge in [0, 0.05) is 29.4 Å². The molecule has 0 unspecified atom stereocenters. The van der Waals surface area contributed by atoms with Crippen LogP contribution < -0.4 is 10.6 Å². The summed E-state index contributed by atoms with van der Waals surface area (Å²) < 4.78 is 0. The zero-order valence-corrected chi connectivity index (χ0v) is 14.2. The molecule has 0 aliphatic heterocycles. The van der Waals surface area contributed by atoms with Gasteiger partial charge in [0.15, 0.2) is 5.13 Å². The molecule has 0 fully saturated rings. The largest absolute Gasteiger partial charge is 0.308 e. The summed E-state index contributed by atoms with van der Waals surface area (Å²) in [5.41, 5.74) is 1.29. The van der Waals surface area contributed by atoms with E-state index in [1.807, 2.05) is 16.7 Å². The number of hydrogen-bond donors (Lipinski definition) is 2. The van der Waals surface area contributed by atoms with Crippen LogP contribution in [0, 0.1) is 0 Å². The molecule has 0 saturated heterocycles. The van der Waals surface area contributed by atoms with Crippen molar-refractivity contribution in [2.75, 3.05) is 11.9 Å². The minimum Gasteiger partial charge on any atom is -0.308 e. The van der Waals surface area contributed by atoms with E-state index < -0.39 is 0 Å². The van der Waals surface area contributed by atoms with Crippen LogP contribution in [0.3, 0.4) is 0 Å². The summed E-state index contributed by atoms with van der Waals surface area (Å²) in [6, 6.07) is 0.197. The second-order valence-electron chi connectivity index (χ2n) is 5.44. The molecule has 118 valence electrons. The molecule has 7 heteroatoms. The lowest BCUT2D eigenvalue weighted by molar-refractivity contribution is -0.116. The maximum absolute atomic E-state index is 11.8. The number of rotatable bonds is 6. The fourth-order valence-electron chi connectivity index (χ4n) is 2.51. The predicted molar refractivity (Wildman–Crippen MR) is 90.5 cm³/mol. The van der Waals surface area contributed by atoms with Gasteiger partial charge in [-0.1, -0.05) is 0 Å². The van der Waals surface area contributed by atoms with E-state index in [1.54, 1.807) is 6.20 Å². The number of anilines is 1. The van der Waals surface area contributed by atoms with Gasteiger partial charge in [0.05, 0.1) is 11.7 Å². The Balaban J connectivity index is 1.45. The van der Waals surface area contributed by atoms with E-state index in [-0.39, 0.29) is 11.9 Å². The van der Waals surface area contributed by atoms with Crippen LogP contribution in [-0.4, -0.2) is 22.4 Å². The van der Waals surface area contributed by atoms with Crippen LogP contribution in [0.4, 0.5) is 5.13 Å². The fraction of sp³-hybridized carbons (Fsp3) is 0.533. The zero-order chi connectivity index (χ0) is 15.4. The maximum Gasteiger partial charge on any atom is 0.227 e. The first-order chi connectivity index (χ1) is 10.7. The molecule has 1 aliphatic rings. The van der Waals surface area contributed by atoms with Crippen LogP contribution in [0.5, 0.6) is 0 Å². The molecule has 0 saturated carbocycles. The van der Waals surface area contributed by atoms with Gasteiger partial charge >= 0.3 is 0 Å². The molecule has 1 aliphatic carbocycles. The molecule has 5 nitrogen and oxygen atoms in total. The molecule has 2 aromatic rings. The molecule has 0 aromatic carbocycles. The van der Waals surface area contributed by atoms with E-state index in [2.05, 4.69) is 22.5 Å². The average molecular weight is 336 g/mol. The normalized spacial score (nSPS) is 15.3. The van der Waals surface area contributed by atoms with Crippen LogP contribution >= 0.6 is 22.7 Å². The van der Waals surface area contributed by atoms with Gasteiger partial charge in [-0.2, -0.15) is 0 Å². The highest BCUT2D eigenvalue weighted by molar-refractivity contribution is 7.13. The second kappa shape index (κ2) is 7.30. The van der Waals surface area contributed by atoms with Crippen molar-refractivity contribution >= 4 is 33.7 Å². The monoisotopic (exact) mass is 336 g/mol. The Morgan fingerprint density at radius 3 is 3.05 bits per heavy atom. The van der Waals surface area contributed by atoms with Crippen molar-refractivity contribution in [3.63, 3.8) is 0 Å². The molecule has 22 heavy (non-hydrogen) atoms. The van der Waals surface area contributed by atoms with E-state index in [1.165, 1.54) is 41.2 Å². The minimum atomic E-state index is -0.00640. The Kier molecular flexibility index (Phi) is 5.17. The van der Waals surface area contributed by atoms with Crippen molar-refractivity contribution < 1.29 is 4.79 Å². The Morgan fingerprint density at radius 2 is 2.27 bits per heavy atom. The highest BCUT2D eigenvalue weighted by Gasteiger charge is 2.18. The summed E-state index contributed by atoms with van der Waals surface area (Å²) in [5, 5.41) is 9.83. The van der Waals surface area contributed by atoms with Gasteiger partial charge in [-0.05, 0) is 32.6 Å². The van der Waals surface area contributed by atoms with Crippen LogP contribution in [0.1, 0.15) is 47.8 Å². The third-order valence-electron chi connectivity index (χ3n) is 3.71. The smallest absolute Gasteiger partial charge is 0.227 e. The van der Waals surface area contributed by atoms with Gasteiger partial charge in [0.2, 0.25) is 5.91 Å². The third kappa shape index (κ3) is 3.91. The average Bonchev–Trinajstić information content (AvgIpc) is 3.15. The number of aromatic nitrogens is 2. The topological polar surface area (TPSA) is 66.9 Å². The number of amides is 1.